The van der Waals surface area contributed by atoms with Gasteiger partial charge in [0, 0.05) is 12.1 Å². The molecule has 0 radical (unpaired) electrons. The van der Waals surface area contributed by atoms with E-state index >= 15 is 0 Å². The van der Waals surface area contributed by atoms with Crippen LogP contribution in [0.3, 0.4) is 0 Å². The molecule has 0 bridgehead atoms. The molecule has 0 spiro atoms. The van der Waals surface area contributed by atoms with Gasteiger partial charge in [-0.05, 0) is 42.3 Å². The molecular formula is C23H20F2N2O2. The minimum atomic E-state index is -0.979. The number of benzene rings is 3. The normalized spacial score (nSPS) is 11.6. The van der Waals surface area contributed by atoms with Crippen molar-refractivity contribution in [2.75, 3.05) is 5.32 Å². The second-order valence-corrected chi connectivity index (χ2v) is 6.64. The molecule has 6 heteroatoms. The summed E-state index contributed by atoms with van der Waals surface area (Å²) in [6, 6.07) is 17.8. The molecule has 2 amide bonds. The molecule has 3 rings (SSSR count). The number of amides is 2. The van der Waals surface area contributed by atoms with Crippen LogP contribution in [0.15, 0.2) is 72.8 Å². The molecule has 4 nitrogen and oxygen atoms in total. The van der Waals surface area contributed by atoms with E-state index in [0.717, 1.165) is 5.56 Å². The summed E-state index contributed by atoms with van der Waals surface area (Å²) in [6.45, 7) is 1.74. The predicted molar refractivity (Wildman–Crippen MR) is 108 cm³/mol. The van der Waals surface area contributed by atoms with E-state index < -0.39 is 29.5 Å². The van der Waals surface area contributed by atoms with E-state index in [1.165, 1.54) is 30.3 Å². The zero-order valence-corrected chi connectivity index (χ0v) is 15.8. The first kappa shape index (κ1) is 20.2. The minimum Gasteiger partial charge on any atom is -0.340 e. The van der Waals surface area contributed by atoms with Crippen molar-refractivity contribution in [3.8, 4) is 0 Å². The molecular weight excluding hydrogens is 374 g/mol. The van der Waals surface area contributed by atoms with Gasteiger partial charge in [-0.25, -0.2) is 8.78 Å². The lowest BCUT2D eigenvalue weighted by Crippen LogP contribution is -2.45. The summed E-state index contributed by atoms with van der Waals surface area (Å²) in [5.74, 6) is -2.38. The highest BCUT2D eigenvalue weighted by atomic mass is 19.1. The third kappa shape index (κ3) is 5.25. The molecule has 1 unspecified atom stereocenters. The van der Waals surface area contributed by atoms with Gasteiger partial charge in [0.05, 0.1) is 5.56 Å². The summed E-state index contributed by atoms with van der Waals surface area (Å²) in [5, 5.41) is 5.25. The van der Waals surface area contributed by atoms with Gasteiger partial charge in [0.1, 0.15) is 17.7 Å². The lowest BCUT2D eigenvalue weighted by Gasteiger charge is -2.20. The van der Waals surface area contributed by atoms with Crippen molar-refractivity contribution in [1.29, 1.82) is 0 Å². The number of aryl methyl sites for hydroxylation is 1. The Bertz CT molecular complexity index is 1020. The van der Waals surface area contributed by atoms with Crippen LogP contribution in [0.5, 0.6) is 0 Å². The van der Waals surface area contributed by atoms with E-state index in [4.69, 9.17) is 0 Å². The summed E-state index contributed by atoms with van der Waals surface area (Å²) in [4.78, 5) is 25.4. The quantitative estimate of drug-likeness (QED) is 0.657. The zero-order chi connectivity index (χ0) is 20.8. The SMILES string of the molecule is Cc1ccc(F)cc1NC(=O)C(Cc1ccccc1)NC(=O)c1ccccc1F. The maximum absolute atomic E-state index is 14.0. The lowest BCUT2D eigenvalue weighted by molar-refractivity contribution is -0.118. The number of carbonyl (C=O) groups is 2. The van der Waals surface area contributed by atoms with E-state index in [1.807, 2.05) is 30.3 Å². The summed E-state index contributed by atoms with van der Waals surface area (Å²) >= 11 is 0. The van der Waals surface area contributed by atoms with Crippen molar-refractivity contribution in [1.82, 2.24) is 5.32 Å². The van der Waals surface area contributed by atoms with Gasteiger partial charge in [-0.3, -0.25) is 9.59 Å². The Kier molecular flexibility index (Phi) is 6.34. The van der Waals surface area contributed by atoms with E-state index in [9.17, 15) is 18.4 Å². The number of hydrogen-bond acceptors (Lipinski definition) is 2. The van der Waals surface area contributed by atoms with Crippen LogP contribution in [-0.2, 0) is 11.2 Å². The summed E-state index contributed by atoms with van der Waals surface area (Å²) in [6.07, 6.45) is 0.196. The standard InChI is InChI=1S/C23H20F2N2O2/c1-15-11-12-17(24)14-20(15)26-23(29)21(13-16-7-3-2-4-8-16)27-22(28)18-9-5-6-10-19(18)25/h2-12,14,21H,13H2,1H3,(H,26,29)(H,27,28). The molecule has 3 aromatic rings. The smallest absolute Gasteiger partial charge is 0.254 e. The number of halogens is 2. The molecule has 0 aromatic heterocycles. The van der Waals surface area contributed by atoms with Gasteiger partial charge in [0.25, 0.3) is 5.91 Å². The molecule has 1 atom stereocenters. The molecule has 0 saturated carbocycles. The fraction of sp³-hybridized carbons (Fsp3) is 0.130. The molecule has 0 heterocycles. The third-order valence-electron chi connectivity index (χ3n) is 4.48. The molecule has 148 valence electrons. The van der Waals surface area contributed by atoms with Crippen molar-refractivity contribution >= 4 is 17.5 Å². The molecule has 3 aromatic carbocycles. The molecule has 0 aliphatic heterocycles. The number of nitrogens with one attached hydrogen (secondary N) is 2. The number of carbonyl (C=O) groups excluding carboxylic acids is 2. The van der Waals surface area contributed by atoms with E-state index in [2.05, 4.69) is 10.6 Å². The van der Waals surface area contributed by atoms with Crippen LogP contribution >= 0.6 is 0 Å². The predicted octanol–water partition coefficient (Wildman–Crippen LogP) is 4.25. The maximum atomic E-state index is 14.0. The molecule has 0 fully saturated rings. The summed E-state index contributed by atoms with van der Waals surface area (Å²) in [7, 11) is 0. The molecule has 0 aliphatic rings. The van der Waals surface area contributed by atoms with Crippen molar-refractivity contribution in [3.63, 3.8) is 0 Å². The summed E-state index contributed by atoms with van der Waals surface area (Å²) in [5.41, 5.74) is 1.66. The Labute approximate surface area is 167 Å². The van der Waals surface area contributed by atoms with Gasteiger partial charge < -0.3 is 10.6 Å². The van der Waals surface area contributed by atoms with Crippen molar-refractivity contribution in [3.05, 3.63) is 101 Å². The average molecular weight is 394 g/mol. The number of anilines is 1. The first-order valence-electron chi connectivity index (χ1n) is 9.10. The van der Waals surface area contributed by atoms with E-state index in [1.54, 1.807) is 19.1 Å². The van der Waals surface area contributed by atoms with Crippen LogP contribution in [0, 0.1) is 18.6 Å². The second-order valence-electron chi connectivity index (χ2n) is 6.64. The molecule has 0 aliphatic carbocycles. The van der Waals surface area contributed by atoms with Gasteiger partial charge in [-0.2, -0.15) is 0 Å². The molecule has 0 saturated heterocycles. The Balaban J connectivity index is 1.84. The van der Waals surface area contributed by atoms with Crippen LogP contribution in [0.25, 0.3) is 0 Å². The van der Waals surface area contributed by atoms with Crippen molar-refractivity contribution in [2.24, 2.45) is 0 Å². The first-order valence-corrected chi connectivity index (χ1v) is 9.10. The Morgan fingerprint density at radius 3 is 2.34 bits per heavy atom. The van der Waals surface area contributed by atoms with Gasteiger partial charge in [0.15, 0.2) is 0 Å². The highest BCUT2D eigenvalue weighted by Gasteiger charge is 2.24. The van der Waals surface area contributed by atoms with Crippen LogP contribution in [0.4, 0.5) is 14.5 Å². The van der Waals surface area contributed by atoms with Crippen molar-refractivity contribution < 1.29 is 18.4 Å². The fourth-order valence-corrected chi connectivity index (χ4v) is 2.89. The fourth-order valence-electron chi connectivity index (χ4n) is 2.89. The summed E-state index contributed by atoms with van der Waals surface area (Å²) < 4.78 is 27.5. The highest BCUT2D eigenvalue weighted by molar-refractivity contribution is 6.01. The lowest BCUT2D eigenvalue weighted by atomic mass is 10.0. The van der Waals surface area contributed by atoms with Crippen molar-refractivity contribution in [2.45, 2.75) is 19.4 Å². The van der Waals surface area contributed by atoms with Crippen LogP contribution in [0.2, 0.25) is 0 Å². The number of hydrogen-bond donors (Lipinski definition) is 2. The average Bonchev–Trinajstić information content (AvgIpc) is 2.71. The van der Waals surface area contributed by atoms with Gasteiger partial charge in [0.2, 0.25) is 5.91 Å². The van der Waals surface area contributed by atoms with E-state index in [0.29, 0.717) is 11.3 Å². The van der Waals surface area contributed by atoms with Crippen LogP contribution < -0.4 is 10.6 Å². The Morgan fingerprint density at radius 2 is 1.62 bits per heavy atom. The molecule has 2 N–H and O–H groups in total. The van der Waals surface area contributed by atoms with E-state index in [-0.39, 0.29) is 12.0 Å². The van der Waals surface area contributed by atoms with Gasteiger partial charge >= 0.3 is 0 Å². The number of rotatable bonds is 6. The van der Waals surface area contributed by atoms with Gasteiger partial charge in [-0.1, -0.05) is 48.5 Å². The minimum absolute atomic E-state index is 0.153. The Morgan fingerprint density at radius 1 is 0.931 bits per heavy atom. The monoisotopic (exact) mass is 394 g/mol. The second kappa shape index (κ2) is 9.10. The van der Waals surface area contributed by atoms with Crippen LogP contribution in [0.1, 0.15) is 21.5 Å². The Hall–Kier alpha value is -3.54. The van der Waals surface area contributed by atoms with Crippen LogP contribution in [-0.4, -0.2) is 17.9 Å². The zero-order valence-electron chi connectivity index (χ0n) is 15.8. The first-order chi connectivity index (χ1) is 13.9. The largest absolute Gasteiger partial charge is 0.340 e. The molecule has 29 heavy (non-hydrogen) atoms. The topological polar surface area (TPSA) is 58.2 Å². The van der Waals surface area contributed by atoms with Gasteiger partial charge in [-0.15, -0.1) is 0 Å². The highest BCUT2D eigenvalue weighted by Crippen LogP contribution is 2.17. The maximum Gasteiger partial charge on any atom is 0.254 e. The third-order valence-corrected chi connectivity index (χ3v) is 4.48.